The second-order valence-electron chi connectivity index (χ2n) is 4.79. The van der Waals surface area contributed by atoms with E-state index in [9.17, 15) is 0 Å². The Morgan fingerprint density at radius 1 is 1.31 bits per heavy atom. The molecule has 0 aromatic rings. The topological polar surface area (TPSA) is 29.3 Å². The normalized spacial score (nSPS) is 17.2. The van der Waals surface area contributed by atoms with Crippen LogP contribution in [0.15, 0.2) is 0 Å². The molecule has 0 spiro atoms. The smallest absolute Gasteiger partial charge is 0.0899 e. The van der Waals surface area contributed by atoms with Crippen LogP contribution < -0.4 is 5.73 Å². The minimum atomic E-state index is 0.171. The molecule has 3 heteroatoms. The molecule has 2 atom stereocenters. The number of hydrogen-bond donors (Lipinski definition) is 1. The Hall–Kier alpha value is -0.150. The van der Waals surface area contributed by atoms with Gasteiger partial charge in [-0.3, -0.25) is 4.90 Å². The van der Waals surface area contributed by atoms with E-state index in [-0.39, 0.29) is 11.5 Å². The summed E-state index contributed by atoms with van der Waals surface area (Å²) in [4.78, 5) is 2.79. The second kappa shape index (κ2) is 4.38. The molecule has 0 aliphatic rings. The first-order valence-corrected chi connectivity index (χ1v) is 5.10. The number of thiocarbonyl (C=S) groups is 1. The van der Waals surface area contributed by atoms with Crippen LogP contribution in [0.1, 0.15) is 34.6 Å². The predicted octanol–water partition coefficient (Wildman–Crippen LogP) is 2.03. The zero-order valence-corrected chi connectivity index (χ0v) is 10.4. The standard InChI is InChI=1S/C10H22N2S/c1-7(9(11)13)12(6)8(2)10(3,4)5/h7-8H,1-6H3,(H2,11,13). The lowest BCUT2D eigenvalue weighted by atomic mass is 9.86. The summed E-state index contributed by atoms with van der Waals surface area (Å²) in [6.07, 6.45) is 0. The molecule has 0 heterocycles. The maximum Gasteiger partial charge on any atom is 0.0899 e. The highest BCUT2D eigenvalue weighted by atomic mass is 32.1. The first-order chi connectivity index (χ1) is 5.68. The second-order valence-corrected chi connectivity index (χ2v) is 5.26. The quantitative estimate of drug-likeness (QED) is 0.710. The highest BCUT2D eigenvalue weighted by Gasteiger charge is 2.27. The Bertz CT molecular complexity index is 184. The van der Waals surface area contributed by atoms with E-state index in [0.29, 0.717) is 11.0 Å². The van der Waals surface area contributed by atoms with Gasteiger partial charge in [-0.25, -0.2) is 0 Å². The largest absolute Gasteiger partial charge is 0.392 e. The van der Waals surface area contributed by atoms with Crippen molar-refractivity contribution < 1.29 is 0 Å². The fraction of sp³-hybridized carbons (Fsp3) is 0.900. The zero-order chi connectivity index (χ0) is 10.8. The molecule has 13 heavy (non-hydrogen) atoms. The van der Waals surface area contributed by atoms with Gasteiger partial charge in [0.2, 0.25) is 0 Å². The molecule has 0 saturated heterocycles. The Morgan fingerprint density at radius 3 is 1.92 bits per heavy atom. The van der Waals surface area contributed by atoms with Gasteiger partial charge in [0.25, 0.3) is 0 Å². The van der Waals surface area contributed by atoms with Gasteiger partial charge < -0.3 is 5.73 Å². The van der Waals surface area contributed by atoms with Crippen LogP contribution in [0.4, 0.5) is 0 Å². The molecule has 0 amide bonds. The summed E-state index contributed by atoms with van der Waals surface area (Å²) in [6, 6.07) is 0.633. The molecule has 0 aliphatic carbocycles. The highest BCUT2D eigenvalue weighted by Crippen LogP contribution is 2.24. The number of rotatable bonds is 3. The van der Waals surface area contributed by atoms with Gasteiger partial charge >= 0.3 is 0 Å². The van der Waals surface area contributed by atoms with Crippen LogP contribution in [-0.4, -0.2) is 29.0 Å². The van der Waals surface area contributed by atoms with Crippen molar-refractivity contribution in [2.24, 2.45) is 11.1 Å². The molecular formula is C10H22N2S. The van der Waals surface area contributed by atoms with E-state index in [2.05, 4.69) is 39.6 Å². The lowest BCUT2D eigenvalue weighted by Gasteiger charge is -2.38. The van der Waals surface area contributed by atoms with Crippen LogP contribution >= 0.6 is 12.2 Å². The molecule has 2 nitrogen and oxygen atoms in total. The van der Waals surface area contributed by atoms with Crippen molar-refractivity contribution in [3.8, 4) is 0 Å². The third-order valence-corrected chi connectivity index (χ3v) is 3.23. The Balaban J connectivity index is 4.42. The summed E-state index contributed by atoms with van der Waals surface area (Å²) in [5.41, 5.74) is 5.87. The number of nitrogens with zero attached hydrogens (tertiary/aromatic N) is 1. The maximum atomic E-state index is 5.61. The molecule has 0 rings (SSSR count). The van der Waals surface area contributed by atoms with Crippen molar-refractivity contribution in [1.29, 1.82) is 0 Å². The van der Waals surface area contributed by atoms with E-state index >= 15 is 0 Å². The SMILES string of the molecule is CC(C(N)=S)N(C)C(C)C(C)(C)C. The Kier molecular flexibility index (Phi) is 4.33. The van der Waals surface area contributed by atoms with Gasteiger partial charge in [0, 0.05) is 6.04 Å². The molecule has 2 unspecified atom stereocenters. The monoisotopic (exact) mass is 202 g/mol. The summed E-state index contributed by atoms with van der Waals surface area (Å²) >= 11 is 4.97. The van der Waals surface area contributed by atoms with Gasteiger partial charge in [0.05, 0.1) is 11.0 Å². The molecule has 0 bridgehead atoms. The molecule has 0 aliphatic heterocycles. The van der Waals surface area contributed by atoms with E-state index in [0.717, 1.165) is 0 Å². The minimum absolute atomic E-state index is 0.171. The molecular weight excluding hydrogens is 180 g/mol. The van der Waals surface area contributed by atoms with E-state index in [1.165, 1.54) is 0 Å². The average molecular weight is 202 g/mol. The summed E-state index contributed by atoms with van der Waals surface area (Å²) in [6.45, 7) is 10.9. The Morgan fingerprint density at radius 2 is 1.69 bits per heavy atom. The van der Waals surface area contributed by atoms with Crippen LogP contribution in [-0.2, 0) is 0 Å². The molecule has 0 aromatic carbocycles. The molecule has 0 fully saturated rings. The molecule has 2 N–H and O–H groups in total. The van der Waals surface area contributed by atoms with Gasteiger partial charge in [-0.15, -0.1) is 0 Å². The van der Waals surface area contributed by atoms with Crippen molar-refractivity contribution in [3.05, 3.63) is 0 Å². The van der Waals surface area contributed by atoms with E-state index < -0.39 is 0 Å². The predicted molar refractivity (Wildman–Crippen MR) is 62.9 cm³/mol. The van der Waals surface area contributed by atoms with Gasteiger partial charge in [0.15, 0.2) is 0 Å². The van der Waals surface area contributed by atoms with Crippen molar-refractivity contribution in [2.75, 3.05) is 7.05 Å². The van der Waals surface area contributed by atoms with Gasteiger partial charge in [-0.05, 0) is 26.3 Å². The number of nitrogens with two attached hydrogens (primary N) is 1. The summed E-state index contributed by atoms with van der Waals surface area (Å²) in [7, 11) is 2.07. The first-order valence-electron chi connectivity index (χ1n) is 4.69. The van der Waals surface area contributed by atoms with Crippen LogP contribution in [0.25, 0.3) is 0 Å². The van der Waals surface area contributed by atoms with Crippen molar-refractivity contribution in [3.63, 3.8) is 0 Å². The average Bonchev–Trinajstić information content (AvgIpc) is 1.98. The van der Waals surface area contributed by atoms with E-state index in [1.807, 2.05) is 6.92 Å². The van der Waals surface area contributed by atoms with Crippen LogP contribution in [0.5, 0.6) is 0 Å². The molecule has 0 aromatic heterocycles. The summed E-state index contributed by atoms with van der Waals surface area (Å²) < 4.78 is 0. The maximum absolute atomic E-state index is 5.61. The van der Waals surface area contributed by atoms with Crippen LogP contribution in [0, 0.1) is 5.41 Å². The van der Waals surface area contributed by atoms with Crippen molar-refractivity contribution in [1.82, 2.24) is 4.90 Å². The first kappa shape index (κ1) is 12.8. The van der Waals surface area contributed by atoms with Crippen molar-refractivity contribution in [2.45, 2.75) is 46.7 Å². The lowest BCUT2D eigenvalue weighted by molar-refractivity contribution is 0.129. The zero-order valence-electron chi connectivity index (χ0n) is 9.59. The number of hydrogen-bond acceptors (Lipinski definition) is 2. The lowest BCUT2D eigenvalue weighted by Crippen LogP contribution is -2.48. The van der Waals surface area contributed by atoms with Crippen LogP contribution in [0.3, 0.4) is 0 Å². The molecule has 0 radical (unpaired) electrons. The third-order valence-electron chi connectivity index (χ3n) is 2.89. The van der Waals surface area contributed by atoms with Crippen LogP contribution in [0.2, 0.25) is 0 Å². The summed E-state index contributed by atoms with van der Waals surface area (Å²) in [5.74, 6) is 0. The number of likely N-dealkylation sites (N-methyl/N-ethyl adjacent to an activating group) is 1. The van der Waals surface area contributed by atoms with Gasteiger partial charge in [-0.2, -0.15) is 0 Å². The highest BCUT2D eigenvalue weighted by molar-refractivity contribution is 7.80. The van der Waals surface area contributed by atoms with E-state index in [4.69, 9.17) is 18.0 Å². The minimum Gasteiger partial charge on any atom is -0.392 e. The molecule has 0 saturated carbocycles. The Labute approximate surface area is 87.5 Å². The molecule has 78 valence electrons. The fourth-order valence-corrected chi connectivity index (χ4v) is 1.31. The fourth-order valence-electron chi connectivity index (χ4n) is 1.15. The van der Waals surface area contributed by atoms with Gasteiger partial charge in [-0.1, -0.05) is 33.0 Å². The third kappa shape index (κ3) is 3.61. The van der Waals surface area contributed by atoms with Crippen molar-refractivity contribution >= 4 is 17.2 Å². The van der Waals surface area contributed by atoms with Gasteiger partial charge in [0.1, 0.15) is 0 Å². The van der Waals surface area contributed by atoms with E-state index in [1.54, 1.807) is 0 Å². The summed E-state index contributed by atoms with van der Waals surface area (Å²) in [5, 5.41) is 0.